The number of methoxy groups -OCH3 is 2. The largest absolute Gasteiger partial charge is 0.493 e. The second kappa shape index (κ2) is 7.90. The number of para-hydroxylation sites is 1. The number of ether oxygens (including phenoxy) is 2. The van der Waals surface area contributed by atoms with E-state index < -0.39 is 5.25 Å². The molecule has 0 N–H and O–H groups in total. The van der Waals surface area contributed by atoms with Crippen LogP contribution in [0.5, 0.6) is 11.5 Å². The van der Waals surface area contributed by atoms with Crippen molar-refractivity contribution in [2.75, 3.05) is 19.1 Å². The fraction of sp³-hybridized carbons (Fsp3) is 0.222. The van der Waals surface area contributed by atoms with E-state index in [4.69, 9.17) is 21.1 Å². The number of amides is 2. The maximum Gasteiger partial charge on any atom is 0.293 e. The van der Waals surface area contributed by atoms with Gasteiger partial charge in [-0.05, 0) is 36.2 Å². The fourth-order valence-electron chi connectivity index (χ4n) is 2.69. The zero-order valence-corrected chi connectivity index (χ0v) is 17.2. The van der Waals surface area contributed by atoms with Gasteiger partial charge in [0.05, 0.1) is 30.2 Å². The van der Waals surface area contributed by atoms with Gasteiger partial charge in [-0.1, -0.05) is 51.4 Å². The van der Waals surface area contributed by atoms with Crippen molar-refractivity contribution in [1.29, 1.82) is 0 Å². The summed E-state index contributed by atoms with van der Waals surface area (Å²) in [7, 11) is 3.11. The summed E-state index contributed by atoms with van der Waals surface area (Å²) >= 11 is 10.6. The number of anilines is 1. The van der Waals surface area contributed by atoms with E-state index in [1.807, 2.05) is 0 Å². The molecular formula is C18H15BrClNO4S. The van der Waals surface area contributed by atoms with Crippen LogP contribution in [-0.4, -0.2) is 30.6 Å². The van der Waals surface area contributed by atoms with Crippen LogP contribution in [0.3, 0.4) is 0 Å². The maximum absolute atomic E-state index is 12.8. The molecule has 0 spiro atoms. The molecule has 2 amide bonds. The lowest BCUT2D eigenvalue weighted by molar-refractivity contribution is -0.117. The van der Waals surface area contributed by atoms with Crippen molar-refractivity contribution in [3.8, 4) is 11.5 Å². The average molecular weight is 457 g/mol. The number of imide groups is 1. The monoisotopic (exact) mass is 455 g/mol. The number of benzene rings is 2. The number of carbonyl (C=O) groups excluding carboxylic acids is 2. The highest BCUT2D eigenvalue weighted by atomic mass is 79.9. The number of thioether (sulfide) groups is 1. The Morgan fingerprint density at radius 1 is 1.15 bits per heavy atom. The summed E-state index contributed by atoms with van der Waals surface area (Å²) in [5.41, 5.74) is 1.26. The minimum absolute atomic E-state index is 0.283. The van der Waals surface area contributed by atoms with Crippen molar-refractivity contribution in [3.63, 3.8) is 0 Å². The summed E-state index contributed by atoms with van der Waals surface area (Å²) in [6.45, 7) is 0. The Kier molecular flexibility index (Phi) is 5.79. The zero-order chi connectivity index (χ0) is 18.8. The van der Waals surface area contributed by atoms with E-state index in [9.17, 15) is 9.59 Å². The molecule has 1 fully saturated rings. The van der Waals surface area contributed by atoms with Crippen molar-refractivity contribution in [2.24, 2.45) is 0 Å². The molecule has 1 saturated heterocycles. The minimum atomic E-state index is -0.534. The summed E-state index contributed by atoms with van der Waals surface area (Å²) in [6, 6.07) is 10.4. The van der Waals surface area contributed by atoms with E-state index in [1.54, 1.807) is 50.6 Å². The van der Waals surface area contributed by atoms with Gasteiger partial charge in [0, 0.05) is 4.47 Å². The third-order valence-electron chi connectivity index (χ3n) is 3.97. The molecule has 5 nitrogen and oxygen atoms in total. The number of carbonyl (C=O) groups is 2. The molecule has 1 heterocycles. The van der Waals surface area contributed by atoms with Crippen LogP contribution < -0.4 is 14.4 Å². The van der Waals surface area contributed by atoms with Gasteiger partial charge >= 0.3 is 0 Å². The van der Waals surface area contributed by atoms with E-state index in [1.165, 1.54) is 0 Å². The molecule has 8 heteroatoms. The maximum atomic E-state index is 12.8. The van der Waals surface area contributed by atoms with Crippen molar-refractivity contribution in [1.82, 2.24) is 0 Å². The van der Waals surface area contributed by atoms with Crippen LogP contribution in [0.15, 0.2) is 40.9 Å². The Balaban J connectivity index is 1.87. The molecule has 0 radical (unpaired) electrons. The van der Waals surface area contributed by atoms with Gasteiger partial charge in [-0.2, -0.15) is 0 Å². The summed E-state index contributed by atoms with van der Waals surface area (Å²) in [5, 5.41) is -0.499. The van der Waals surface area contributed by atoms with Gasteiger partial charge in [0.25, 0.3) is 5.24 Å². The third kappa shape index (κ3) is 3.56. The number of hydrogen-bond donors (Lipinski definition) is 0. The quantitative estimate of drug-likeness (QED) is 0.638. The molecule has 0 saturated carbocycles. The predicted octanol–water partition coefficient (Wildman–Crippen LogP) is 4.93. The van der Waals surface area contributed by atoms with Crippen molar-refractivity contribution in [2.45, 2.75) is 11.7 Å². The van der Waals surface area contributed by atoms with Gasteiger partial charge in [-0.25, -0.2) is 4.90 Å². The van der Waals surface area contributed by atoms with Crippen LogP contribution in [0.4, 0.5) is 10.5 Å². The van der Waals surface area contributed by atoms with Crippen molar-refractivity contribution >= 4 is 56.1 Å². The summed E-state index contributed by atoms with van der Waals surface area (Å²) < 4.78 is 11.4. The van der Waals surface area contributed by atoms with Crippen molar-refractivity contribution < 1.29 is 19.1 Å². The molecule has 1 atom stereocenters. The van der Waals surface area contributed by atoms with E-state index in [2.05, 4.69) is 15.9 Å². The first kappa shape index (κ1) is 19.1. The minimum Gasteiger partial charge on any atom is -0.493 e. The number of nitrogens with zero attached hydrogens (tertiary/aromatic N) is 1. The highest BCUT2D eigenvalue weighted by Gasteiger charge is 2.41. The van der Waals surface area contributed by atoms with Gasteiger partial charge in [0.2, 0.25) is 5.91 Å². The summed E-state index contributed by atoms with van der Waals surface area (Å²) in [6.07, 6.45) is 0.372. The molecule has 0 bridgehead atoms. The van der Waals surface area contributed by atoms with Gasteiger partial charge in [-0.3, -0.25) is 9.59 Å². The lowest BCUT2D eigenvalue weighted by Crippen LogP contribution is -2.32. The normalized spacial score (nSPS) is 16.9. The SMILES string of the molecule is COc1cc(Br)c(C[C@@H]2SC(=O)N(c3ccccc3Cl)C2=O)cc1OC. The Bertz CT molecular complexity index is 876. The van der Waals surface area contributed by atoms with E-state index >= 15 is 0 Å². The van der Waals surface area contributed by atoms with Crippen LogP contribution in [0.1, 0.15) is 5.56 Å². The lowest BCUT2D eigenvalue weighted by Gasteiger charge is -2.16. The van der Waals surface area contributed by atoms with Gasteiger partial charge < -0.3 is 9.47 Å². The first-order valence-corrected chi connectivity index (χ1v) is 9.70. The van der Waals surface area contributed by atoms with Gasteiger partial charge in [0.1, 0.15) is 0 Å². The highest BCUT2D eigenvalue weighted by molar-refractivity contribution is 9.10. The number of halogens is 2. The lowest BCUT2D eigenvalue weighted by atomic mass is 10.1. The van der Waals surface area contributed by atoms with E-state index in [0.717, 1.165) is 26.7 Å². The Labute approximate surface area is 168 Å². The van der Waals surface area contributed by atoms with Crippen LogP contribution in [0.25, 0.3) is 0 Å². The van der Waals surface area contributed by atoms with Crippen LogP contribution in [0.2, 0.25) is 5.02 Å². The second-order valence-corrected chi connectivity index (χ2v) is 7.92. The highest BCUT2D eigenvalue weighted by Crippen LogP contribution is 2.39. The molecule has 0 aromatic heterocycles. The first-order chi connectivity index (χ1) is 12.5. The predicted molar refractivity (Wildman–Crippen MR) is 107 cm³/mol. The fourth-order valence-corrected chi connectivity index (χ4v) is 4.40. The Hall–Kier alpha value is -1.70. The summed E-state index contributed by atoms with van der Waals surface area (Å²) in [4.78, 5) is 26.4. The first-order valence-electron chi connectivity index (χ1n) is 7.65. The molecule has 0 aliphatic carbocycles. The standard InChI is InChI=1S/C18H15BrClNO4S/c1-24-14-7-10(11(19)9-15(14)25-2)8-16-17(22)21(18(23)26-16)13-6-4-3-5-12(13)20/h3-7,9,16H,8H2,1-2H3/t16-/m0/s1. The second-order valence-electron chi connectivity index (χ2n) is 5.50. The van der Waals surface area contributed by atoms with Gasteiger partial charge in [-0.15, -0.1) is 0 Å². The number of rotatable bonds is 5. The molecule has 26 heavy (non-hydrogen) atoms. The van der Waals surface area contributed by atoms with Gasteiger partial charge in [0.15, 0.2) is 11.5 Å². The molecule has 1 aliphatic heterocycles. The van der Waals surface area contributed by atoms with Crippen LogP contribution in [0, 0.1) is 0 Å². The molecule has 2 aromatic carbocycles. The molecular weight excluding hydrogens is 442 g/mol. The van der Waals surface area contributed by atoms with Crippen LogP contribution in [-0.2, 0) is 11.2 Å². The molecule has 2 aromatic rings. The molecule has 0 unspecified atom stereocenters. The zero-order valence-electron chi connectivity index (χ0n) is 14.0. The van der Waals surface area contributed by atoms with E-state index in [-0.39, 0.29) is 11.1 Å². The smallest absolute Gasteiger partial charge is 0.293 e. The Morgan fingerprint density at radius 3 is 2.46 bits per heavy atom. The molecule has 1 aliphatic rings. The number of hydrogen-bond acceptors (Lipinski definition) is 5. The molecule has 3 rings (SSSR count). The summed E-state index contributed by atoms with van der Waals surface area (Å²) in [5.74, 6) is 0.868. The molecule has 136 valence electrons. The third-order valence-corrected chi connectivity index (χ3v) is 6.07. The Morgan fingerprint density at radius 2 is 1.81 bits per heavy atom. The van der Waals surface area contributed by atoms with E-state index in [0.29, 0.717) is 28.6 Å². The van der Waals surface area contributed by atoms with Crippen LogP contribution >= 0.6 is 39.3 Å². The topological polar surface area (TPSA) is 55.8 Å². The average Bonchev–Trinajstić information content (AvgIpc) is 2.90. The van der Waals surface area contributed by atoms with Crippen molar-refractivity contribution in [3.05, 3.63) is 51.5 Å².